The third-order valence-corrected chi connectivity index (χ3v) is 4.51. The molecule has 0 aromatic heterocycles. The average molecular weight is 342 g/mol. The smallest absolute Gasteiger partial charge is 0.138 e. The van der Waals surface area contributed by atoms with Crippen LogP contribution in [0.5, 0.6) is 11.5 Å². The summed E-state index contributed by atoms with van der Waals surface area (Å²) in [6.07, 6.45) is 0.931. The topological polar surface area (TPSA) is 9.23 Å². The molecule has 4 aromatic carbocycles. The highest BCUT2D eigenvalue weighted by Crippen LogP contribution is 2.44. The first-order valence-corrected chi connectivity index (χ1v) is 9.59. The van der Waals surface area contributed by atoms with Crippen molar-refractivity contribution in [2.45, 2.75) is 34.1 Å². The van der Waals surface area contributed by atoms with Crippen LogP contribution in [0.15, 0.2) is 72.8 Å². The van der Waals surface area contributed by atoms with Gasteiger partial charge in [0.1, 0.15) is 11.5 Å². The van der Waals surface area contributed by atoms with Crippen LogP contribution in [0.4, 0.5) is 0 Å². The van der Waals surface area contributed by atoms with Gasteiger partial charge in [-0.3, -0.25) is 0 Å². The van der Waals surface area contributed by atoms with E-state index in [0.717, 1.165) is 17.9 Å². The van der Waals surface area contributed by atoms with E-state index in [1.54, 1.807) is 0 Å². The summed E-state index contributed by atoms with van der Waals surface area (Å²) in [6, 6.07) is 25.6. The molecule has 0 radical (unpaired) electrons. The van der Waals surface area contributed by atoms with Gasteiger partial charge < -0.3 is 4.74 Å². The lowest BCUT2D eigenvalue weighted by atomic mass is 9.94. The molecule has 1 nitrogen and oxygen atoms in total. The third-order valence-electron chi connectivity index (χ3n) is 4.51. The Kier molecular flexibility index (Phi) is 5.58. The molecule has 5 rings (SSSR count). The van der Waals surface area contributed by atoms with Gasteiger partial charge in [0.25, 0.3) is 0 Å². The first-order chi connectivity index (χ1) is 12.9. The molecule has 4 aromatic rings. The van der Waals surface area contributed by atoms with Crippen LogP contribution in [-0.4, -0.2) is 0 Å². The highest BCUT2D eigenvalue weighted by molar-refractivity contribution is 5.94. The lowest BCUT2D eigenvalue weighted by molar-refractivity contribution is 0.471. The molecule has 0 fully saturated rings. The van der Waals surface area contributed by atoms with Crippen LogP contribution in [0.2, 0.25) is 0 Å². The van der Waals surface area contributed by atoms with Gasteiger partial charge >= 0.3 is 0 Å². The summed E-state index contributed by atoms with van der Waals surface area (Å²) in [6.45, 7) is 8.00. The zero-order valence-electron chi connectivity index (χ0n) is 16.0. The molecule has 0 spiro atoms. The minimum Gasteiger partial charge on any atom is -0.455 e. The monoisotopic (exact) mass is 342 g/mol. The van der Waals surface area contributed by atoms with E-state index in [4.69, 9.17) is 4.74 Å². The molecule has 1 heteroatoms. The molecule has 0 saturated carbocycles. The van der Waals surface area contributed by atoms with Gasteiger partial charge in [-0.1, -0.05) is 100 Å². The Labute approximate surface area is 156 Å². The number of ether oxygens (including phenoxy) is 1. The maximum atomic E-state index is 6.40. The summed E-state index contributed by atoms with van der Waals surface area (Å²) >= 11 is 0. The van der Waals surface area contributed by atoms with E-state index in [0.29, 0.717) is 0 Å². The van der Waals surface area contributed by atoms with Crippen molar-refractivity contribution in [2.24, 2.45) is 0 Å². The van der Waals surface area contributed by atoms with Crippen LogP contribution in [0.1, 0.15) is 38.8 Å². The van der Waals surface area contributed by atoms with Crippen LogP contribution in [0.25, 0.3) is 21.5 Å². The lowest BCUT2D eigenvalue weighted by Crippen LogP contribution is -2.04. The lowest BCUT2D eigenvalue weighted by Gasteiger charge is -2.23. The van der Waals surface area contributed by atoms with Crippen molar-refractivity contribution in [2.75, 3.05) is 0 Å². The van der Waals surface area contributed by atoms with E-state index in [1.807, 2.05) is 27.7 Å². The zero-order chi connectivity index (χ0) is 18.5. The van der Waals surface area contributed by atoms with Gasteiger partial charge in [0.05, 0.1) is 0 Å². The fourth-order valence-electron chi connectivity index (χ4n) is 3.40. The van der Waals surface area contributed by atoms with Crippen LogP contribution < -0.4 is 4.74 Å². The van der Waals surface area contributed by atoms with Crippen LogP contribution in [-0.2, 0) is 6.42 Å². The predicted molar refractivity (Wildman–Crippen MR) is 113 cm³/mol. The van der Waals surface area contributed by atoms with Gasteiger partial charge in [-0.25, -0.2) is 0 Å². The van der Waals surface area contributed by atoms with Gasteiger partial charge in [-0.15, -0.1) is 0 Å². The molecule has 1 aliphatic rings. The fraction of sp³-hybridized carbons (Fsp3) is 0.200. The van der Waals surface area contributed by atoms with Gasteiger partial charge in [-0.2, -0.15) is 0 Å². The average Bonchev–Trinajstić information content (AvgIpc) is 2.75. The molecule has 132 valence electrons. The van der Waals surface area contributed by atoms with Crippen molar-refractivity contribution in [1.82, 2.24) is 0 Å². The van der Waals surface area contributed by atoms with E-state index in [2.05, 4.69) is 72.8 Å². The maximum Gasteiger partial charge on any atom is 0.138 e. The Hall–Kier alpha value is -2.80. The molecule has 0 amide bonds. The van der Waals surface area contributed by atoms with E-state index in [1.165, 1.54) is 32.7 Å². The first kappa shape index (κ1) is 18.0. The highest BCUT2D eigenvalue weighted by Gasteiger charge is 2.20. The van der Waals surface area contributed by atoms with Crippen molar-refractivity contribution in [3.63, 3.8) is 0 Å². The summed E-state index contributed by atoms with van der Waals surface area (Å²) < 4.78 is 6.40. The van der Waals surface area contributed by atoms with E-state index in [-0.39, 0.29) is 0 Å². The minimum atomic E-state index is 0.931. The summed E-state index contributed by atoms with van der Waals surface area (Å²) in [4.78, 5) is 0. The Morgan fingerprint density at radius 1 is 0.538 bits per heavy atom. The summed E-state index contributed by atoms with van der Waals surface area (Å²) in [5.41, 5.74) is 2.53. The SMILES string of the molecule is CC.CC.c1ccc2c3c(ccc2c1)Cc1ccc2ccccc2c1O3. The second-order valence-electron chi connectivity index (χ2n) is 5.83. The van der Waals surface area contributed by atoms with E-state index < -0.39 is 0 Å². The maximum absolute atomic E-state index is 6.40. The molecular formula is C25H26O. The minimum absolute atomic E-state index is 0.931. The number of hydrogen-bond donors (Lipinski definition) is 0. The van der Waals surface area contributed by atoms with Gasteiger partial charge in [0, 0.05) is 17.2 Å². The number of benzene rings is 4. The Morgan fingerprint density at radius 3 is 1.42 bits per heavy atom. The van der Waals surface area contributed by atoms with Crippen molar-refractivity contribution in [3.8, 4) is 11.5 Å². The van der Waals surface area contributed by atoms with Gasteiger partial charge in [0.2, 0.25) is 0 Å². The second kappa shape index (κ2) is 8.05. The number of hydrogen-bond acceptors (Lipinski definition) is 1. The second-order valence-corrected chi connectivity index (χ2v) is 5.83. The molecule has 1 heterocycles. The Balaban J connectivity index is 0.000000461. The molecular weight excluding hydrogens is 316 g/mol. The van der Waals surface area contributed by atoms with E-state index >= 15 is 0 Å². The van der Waals surface area contributed by atoms with E-state index in [9.17, 15) is 0 Å². The fourth-order valence-corrected chi connectivity index (χ4v) is 3.40. The van der Waals surface area contributed by atoms with Crippen molar-refractivity contribution >= 4 is 21.5 Å². The van der Waals surface area contributed by atoms with Crippen LogP contribution >= 0.6 is 0 Å². The van der Waals surface area contributed by atoms with Crippen LogP contribution in [0, 0.1) is 0 Å². The molecule has 0 aliphatic carbocycles. The van der Waals surface area contributed by atoms with Gasteiger partial charge in [-0.05, 0) is 21.9 Å². The van der Waals surface area contributed by atoms with Gasteiger partial charge in [0.15, 0.2) is 0 Å². The number of rotatable bonds is 0. The Bertz CT molecular complexity index is 947. The molecule has 1 aliphatic heterocycles. The zero-order valence-corrected chi connectivity index (χ0v) is 16.0. The predicted octanol–water partition coefficient (Wildman–Crippen LogP) is 7.74. The Morgan fingerprint density at radius 2 is 0.962 bits per heavy atom. The van der Waals surface area contributed by atoms with Crippen molar-refractivity contribution in [3.05, 3.63) is 83.9 Å². The summed E-state index contributed by atoms with van der Waals surface area (Å²) in [7, 11) is 0. The molecule has 0 unspecified atom stereocenters. The molecule has 26 heavy (non-hydrogen) atoms. The molecule has 0 bridgehead atoms. The third kappa shape index (κ3) is 3.06. The van der Waals surface area contributed by atoms with Crippen molar-refractivity contribution < 1.29 is 4.74 Å². The van der Waals surface area contributed by atoms with Crippen LogP contribution in [0.3, 0.4) is 0 Å². The quantitative estimate of drug-likeness (QED) is 0.279. The van der Waals surface area contributed by atoms with Crippen molar-refractivity contribution in [1.29, 1.82) is 0 Å². The largest absolute Gasteiger partial charge is 0.455 e. The molecule has 0 N–H and O–H groups in total. The standard InChI is InChI=1S/C21H14O.2C2H6/c1-3-7-18-14(5-1)9-11-16-13-17-12-10-15-6-2-4-8-19(15)21(17)22-20(16)18;2*1-2/h1-12H,13H2;2*1-2H3. The highest BCUT2D eigenvalue weighted by atomic mass is 16.5. The summed E-state index contributed by atoms with van der Waals surface area (Å²) in [5.74, 6) is 2.03. The molecule has 0 saturated heterocycles. The normalized spacial score (nSPS) is 11.2. The number of fused-ring (bicyclic) bond motifs is 6. The molecule has 0 atom stereocenters. The summed E-state index contributed by atoms with van der Waals surface area (Å²) in [5, 5.41) is 4.84. The first-order valence-electron chi connectivity index (χ1n) is 9.59.